The highest BCUT2D eigenvalue weighted by molar-refractivity contribution is 5.92. The molecule has 2 heterocycles. The lowest BCUT2D eigenvalue weighted by Gasteiger charge is -2.14. The van der Waals surface area contributed by atoms with E-state index in [1.807, 2.05) is 30.3 Å². The molecule has 7 nitrogen and oxygen atoms in total. The van der Waals surface area contributed by atoms with Crippen LogP contribution in [-0.4, -0.2) is 25.7 Å². The molecule has 1 amide bonds. The molecular formula is C26H19F4N5O2. The van der Waals surface area contributed by atoms with Crippen molar-refractivity contribution >= 4 is 17.0 Å². The van der Waals surface area contributed by atoms with Crippen LogP contribution >= 0.6 is 0 Å². The van der Waals surface area contributed by atoms with Gasteiger partial charge in [0.05, 0.1) is 5.56 Å². The Bertz CT molecular complexity index is 1620. The third-order valence-electron chi connectivity index (χ3n) is 5.78. The molecule has 11 heteroatoms. The highest BCUT2D eigenvalue weighted by Crippen LogP contribution is 2.43. The molecular weight excluding hydrogens is 490 g/mol. The number of fused-ring (bicyclic) bond motifs is 1. The topological polar surface area (TPSA) is 85.8 Å². The first-order valence-corrected chi connectivity index (χ1v) is 11.1. The molecule has 0 bridgehead atoms. The van der Waals surface area contributed by atoms with Gasteiger partial charge in [-0.2, -0.15) is 13.2 Å². The fourth-order valence-corrected chi connectivity index (χ4v) is 4.12. The van der Waals surface area contributed by atoms with Gasteiger partial charge in [-0.15, -0.1) is 10.2 Å². The van der Waals surface area contributed by atoms with Gasteiger partial charge in [-0.05, 0) is 34.9 Å². The number of amides is 1. The molecule has 0 aliphatic carbocycles. The van der Waals surface area contributed by atoms with Crippen molar-refractivity contribution in [3.05, 3.63) is 77.9 Å². The average molecular weight is 509 g/mol. The van der Waals surface area contributed by atoms with Crippen LogP contribution in [0.3, 0.4) is 0 Å². The second-order valence-electron chi connectivity index (χ2n) is 8.39. The van der Waals surface area contributed by atoms with Gasteiger partial charge in [0.2, 0.25) is 11.8 Å². The predicted octanol–water partition coefficient (Wildman–Crippen LogP) is 5.75. The first-order chi connectivity index (χ1) is 17.6. The Labute approximate surface area is 207 Å². The van der Waals surface area contributed by atoms with E-state index in [0.29, 0.717) is 5.56 Å². The van der Waals surface area contributed by atoms with Crippen molar-refractivity contribution in [2.75, 3.05) is 0 Å². The van der Waals surface area contributed by atoms with Gasteiger partial charge < -0.3 is 14.3 Å². The Morgan fingerprint density at radius 3 is 2.49 bits per heavy atom. The predicted molar refractivity (Wildman–Crippen MR) is 127 cm³/mol. The number of nitrogens with one attached hydrogen (secondary N) is 1. The number of carbonyl (C=O) groups is 1. The molecule has 0 aliphatic heterocycles. The average Bonchev–Trinajstić information content (AvgIpc) is 3.47. The number of hydrogen-bond acceptors (Lipinski definition) is 5. The molecule has 0 atom stereocenters. The molecule has 1 N–H and O–H groups in total. The molecule has 2 aromatic heterocycles. The summed E-state index contributed by atoms with van der Waals surface area (Å²) >= 11 is 0. The minimum atomic E-state index is -4.78. The standard InChI is InChI=1S/C26H19F4N5O2/c1-14(36)31-12-15-10-18(26(28,29)30)23-20(11-15)33-25(37-23)22-19(27)9-8-17(16-6-4-3-5-7-16)21(22)24-34-32-13-35(24)2/h3-11,13H,12H2,1-2H3,(H,31,36). The van der Waals surface area contributed by atoms with E-state index in [1.54, 1.807) is 17.7 Å². The summed E-state index contributed by atoms with van der Waals surface area (Å²) in [7, 11) is 1.67. The third kappa shape index (κ3) is 4.55. The van der Waals surface area contributed by atoms with Crippen LogP contribution in [0.2, 0.25) is 0 Å². The van der Waals surface area contributed by atoms with E-state index in [-0.39, 0.29) is 40.5 Å². The molecule has 5 aromatic rings. The van der Waals surface area contributed by atoms with E-state index in [1.165, 1.54) is 25.4 Å². The van der Waals surface area contributed by atoms with Gasteiger partial charge in [0.1, 0.15) is 23.2 Å². The monoisotopic (exact) mass is 509 g/mol. The summed E-state index contributed by atoms with van der Waals surface area (Å²) in [6.45, 7) is 1.12. The van der Waals surface area contributed by atoms with Crippen LogP contribution in [0, 0.1) is 5.82 Å². The van der Waals surface area contributed by atoms with Gasteiger partial charge in [0, 0.05) is 26.1 Å². The maximum atomic E-state index is 15.5. The first kappa shape index (κ1) is 24.2. The Morgan fingerprint density at radius 2 is 1.84 bits per heavy atom. The zero-order chi connectivity index (χ0) is 26.3. The maximum absolute atomic E-state index is 15.5. The number of halogens is 4. The molecule has 3 aromatic carbocycles. The molecule has 0 radical (unpaired) electrons. The largest absolute Gasteiger partial charge is 0.435 e. The summed E-state index contributed by atoms with van der Waals surface area (Å²) in [6.07, 6.45) is -3.35. The SMILES string of the molecule is CC(=O)NCc1cc(C(F)(F)F)c2oc(-c3c(F)ccc(-c4ccccc4)c3-c3nncn3C)nc2c1. The number of hydrogen-bond donors (Lipinski definition) is 1. The van der Waals surface area contributed by atoms with E-state index < -0.39 is 29.0 Å². The fourth-order valence-electron chi connectivity index (χ4n) is 4.12. The van der Waals surface area contributed by atoms with Crippen LogP contribution < -0.4 is 5.32 Å². The molecule has 0 saturated heterocycles. The second kappa shape index (κ2) is 9.16. The zero-order valence-electron chi connectivity index (χ0n) is 19.6. The first-order valence-electron chi connectivity index (χ1n) is 11.1. The summed E-state index contributed by atoms with van der Waals surface area (Å²) in [5, 5.41) is 10.5. The quantitative estimate of drug-likeness (QED) is 0.305. The van der Waals surface area contributed by atoms with Gasteiger partial charge in [0.15, 0.2) is 11.4 Å². The minimum absolute atomic E-state index is 0.126. The molecule has 0 unspecified atom stereocenters. The van der Waals surface area contributed by atoms with Crippen LogP contribution in [0.15, 0.2) is 65.3 Å². The van der Waals surface area contributed by atoms with Crippen molar-refractivity contribution in [1.29, 1.82) is 0 Å². The molecule has 0 fully saturated rings. The molecule has 5 rings (SSSR count). The number of aryl methyl sites for hydroxylation is 1. The van der Waals surface area contributed by atoms with Crippen molar-refractivity contribution in [3.8, 4) is 34.0 Å². The van der Waals surface area contributed by atoms with Gasteiger partial charge >= 0.3 is 6.18 Å². The Hall–Kier alpha value is -4.54. The van der Waals surface area contributed by atoms with Crippen molar-refractivity contribution in [2.24, 2.45) is 7.05 Å². The number of carbonyl (C=O) groups excluding carboxylic acids is 1. The lowest BCUT2D eigenvalue weighted by Crippen LogP contribution is -2.19. The third-order valence-corrected chi connectivity index (χ3v) is 5.78. The second-order valence-corrected chi connectivity index (χ2v) is 8.39. The summed E-state index contributed by atoms with van der Waals surface area (Å²) in [5.74, 6) is -1.22. The van der Waals surface area contributed by atoms with Crippen molar-refractivity contribution in [3.63, 3.8) is 0 Å². The lowest BCUT2D eigenvalue weighted by molar-refractivity contribution is -0.136. The molecule has 37 heavy (non-hydrogen) atoms. The number of benzene rings is 3. The number of aromatic nitrogens is 4. The van der Waals surface area contributed by atoms with Crippen LogP contribution in [0.4, 0.5) is 17.6 Å². The van der Waals surface area contributed by atoms with E-state index in [4.69, 9.17) is 4.42 Å². The maximum Gasteiger partial charge on any atom is 0.420 e. The Morgan fingerprint density at radius 1 is 1.08 bits per heavy atom. The zero-order valence-corrected chi connectivity index (χ0v) is 19.6. The normalized spacial score (nSPS) is 11.7. The molecule has 0 spiro atoms. The van der Waals surface area contributed by atoms with E-state index in [9.17, 15) is 18.0 Å². The van der Waals surface area contributed by atoms with Gasteiger partial charge in [0.25, 0.3) is 0 Å². The van der Waals surface area contributed by atoms with E-state index >= 15 is 4.39 Å². The smallest absolute Gasteiger partial charge is 0.420 e. The van der Waals surface area contributed by atoms with Crippen molar-refractivity contribution in [1.82, 2.24) is 25.1 Å². The van der Waals surface area contributed by atoms with Crippen molar-refractivity contribution in [2.45, 2.75) is 19.6 Å². The van der Waals surface area contributed by atoms with Gasteiger partial charge in [-0.25, -0.2) is 9.37 Å². The number of nitrogens with zero attached hydrogens (tertiary/aromatic N) is 4. The Kier molecular flexibility index (Phi) is 5.98. The van der Waals surface area contributed by atoms with Gasteiger partial charge in [-0.1, -0.05) is 36.4 Å². The Balaban J connectivity index is 1.79. The van der Waals surface area contributed by atoms with Gasteiger partial charge in [-0.3, -0.25) is 4.79 Å². The van der Waals surface area contributed by atoms with Crippen molar-refractivity contribution < 1.29 is 26.8 Å². The highest BCUT2D eigenvalue weighted by Gasteiger charge is 2.36. The molecule has 0 saturated carbocycles. The van der Waals surface area contributed by atoms with Crippen LogP contribution in [0.25, 0.3) is 45.1 Å². The lowest BCUT2D eigenvalue weighted by atomic mass is 9.94. The highest BCUT2D eigenvalue weighted by atomic mass is 19.4. The molecule has 0 aliphatic rings. The van der Waals surface area contributed by atoms with E-state index in [2.05, 4.69) is 20.5 Å². The van der Waals surface area contributed by atoms with Crippen LogP contribution in [0.5, 0.6) is 0 Å². The summed E-state index contributed by atoms with van der Waals surface area (Å²) in [4.78, 5) is 15.6. The minimum Gasteiger partial charge on any atom is -0.435 e. The number of oxazole rings is 1. The summed E-state index contributed by atoms with van der Waals surface area (Å²) in [6, 6.07) is 14.1. The van der Waals surface area contributed by atoms with Crippen LogP contribution in [0.1, 0.15) is 18.1 Å². The summed E-state index contributed by atoms with van der Waals surface area (Å²) < 4.78 is 64.5. The molecule has 188 valence electrons. The number of alkyl halides is 3. The van der Waals surface area contributed by atoms with Crippen LogP contribution in [-0.2, 0) is 24.6 Å². The fraction of sp³-hybridized carbons (Fsp3) is 0.154. The number of rotatable bonds is 5. The summed E-state index contributed by atoms with van der Waals surface area (Å²) in [5.41, 5.74) is -0.161. The van der Waals surface area contributed by atoms with E-state index in [0.717, 1.165) is 11.6 Å².